The van der Waals surface area contributed by atoms with Crippen molar-refractivity contribution in [2.45, 2.75) is 77.9 Å². The third-order valence-corrected chi connectivity index (χ3v) is 8.29. The van der Waals surface area contributed by atoms with E-state index in [9.17, 15) is 8.78 Å². The summed E-state index contributed by atoms with van der Waals surface area (Å²) in [4.78, 5) is 0. The van der Waals surface area contributed by atoms with Crippen molar-refractivity contribution in [3.63, 3.8) is 0 Å². The second kappa shape index (κ2) is 9.53. The summed E-state index contributed by atoms with van der Waals surface area (Å²) in [5.41, 5.74) is 0. The number of unbranched alkanes of at least 4 members (excludes halogenated alkanes) is 3. The van der Waals surface area contributed by atoms with Crippen molar-refractivity contribution in [2.24, 2.45) is 0 Å². The highest BCUT2D eigenvalue weighted by Crippen LogP contribution is 2.29. The molecule has 0 bridgehead atoms. The molecular weight excluding hydrogens is 250 g/mol. The SMILES string of the molecule is CCCCCCC(O[Si](CC)(CC)CC)=C(F)F. The lowest BCUT2D eigenvalue weighted by Gasteiger charge is -2.30. The van der Waals surface area contributed by atoms with Gasteiger partial charge in [-0.3, -0.25) is 0 Å². The maximum Gasteiger partial charge on any atom is 0.306 e. The average molecular weight is 278 g/mol. The van der Waals surface area contributed by atoms with Gasteiger partial charge < -0.3 is 4.43 Å². The Hall–Kier alpha value is -0.383. The number of hydrogen-bond donors (Lipinski definition) is 0. The van der Waals surface area contributed by atoms with Gasteiger partial charge in [0.1, 0.15) is 5.76 Å². The van der Waals surface area contributed by atoms with Gasteiger partial charge in [-0.25, -0.2) is 0 Å². The molecule has 0 heterocycles. The molecule has 108 valence electrons. The lowest BCUT2D eigenvalue weighted by molar-refractivity contribution is 0.301. The summed E-state index contributed by atoms with van der Waals surface area (Å²) in [5, 5.41) is 0. The van der Waals surface area contributed by atoms with Crippen LogP contribution >= 0.6 is 0 Å². The molecule has 0 amide bonds. The highest BCUT2D eigenvalue weighted by atomic mass is 28.4. The second-order valence-corrected chi connectivity index (χ2v) is 9.53. The highest BCUT2D eigenvalue weighted by molar-refractivity contribution is 6.73. The minimum absolute atomic E-state index is 0.0247. The maximum atomic E-state index is 12.9. The van der Waals surface area contributed by atoms with E-state index in [2.05, 4.69) is 27.7 Å². The van der Waals surface area contributed by atoms with Gasteiger partial charge in [0, 0.05) is 6.42 Å². The van der Waals surface area contributed by atoms with Crippen LogP contribution < -0.4 is 0 Å². The molecule has 0 rings (SSSR count). The Morgan fingerprint density at radius 2 is 1.44 bits per heavy atom. The van der Waals surface area contributed by atoms with Crippen LogP contribution in [0.25, 0.3) is 0 Å². The molecule has 0 saturated carbocycles. The molecule has 0 atom stereocenters. The Labute approximate surface area is 112 Å². The number of allylic oxidation sites excluding steroid dienone is 1. The standard InChI is InChI=1S/C14H28F2OSi/c1-5-9-10-11-12-13(14(15)16)17-18(6-2,7-3)8-4/h5-12H2,1-4H3. The fourth-order valence-electron chi connectivity index (χ4n) is 2.12. The topological polar surface area (TPSA) is 9.23 Å². The minimum atomic E-state index is -1.95. The second-order valence-electron chi connectivity index (χ2n) is 4.84. The third kappa shape index (κ3) is 5.98. The van der Waals surface area contributed by atoms with E-state index in [1.54, 1.807) is 0 Å². The molecule has 0 aliphatic carbocycles. The van der Waals surface area contributed by atoms with Crippen molar-refractivity contribution < 1.29 is 13.2 Å². The Morgan fingerprint density at radius 1 is 0.889 bits per heavy atom. The Bertz CT molecular complexity index is 238. The summed E-state index contributed by atoms with van der Waals surface area (Å²) in [5.74, 6) is -0.0247. The molecule has 0 radical (unpaired) electrons. The molecule has 0 spiro atoms. The Balaban J connectivity index is 4.49. The first-order valence-corrected chi connectivity index (χ1v) is 9.81. The third-order valence-electron chi connectivity index (χ3n) is 3.74. The van der Waals surface area contributed by atoms with E-state index in [-0.39, 0.29) is 5.76 Å². The van der Waals surface area contributed by atoms with E-state index in [1.807, 2.05) is 0 Å². The van der Waals surface area contributed by atoms with Crippen LogP contribution in [0.2, 0.25) is 18.1 Å². The van der Waals surface area contributed by atoms with E-state index >= 15 is 0 Å². The van der Waals surface area contributed by atoms with Crippen LogP contribution in [0.3, 0.4) is 0 Å². The quantitative estimate of drug-likeness (QED) is 0.267. The molecule has 0 N–H and O–H groups in total. The fraction of sp³-hybridized carbons (Fsp3) is 0.857. The zero-order valence-corrected chi connectivity index (χ0v) is 13.3. The van der Waals surface area contributed by atoms with Crippen molar-refractivity contribution in [3.05, 3.63) is 11.8 Å². The van der Waals surface area contributed by atoms with Crippen LogP contribution in [-0.2, 0) is 4.43 Å². The summed E-state index contributed by atoms with van der Waals surface area (Å²) < 4.78 is 31.6. The number of hydrogen-bond acceptors (Lipinski definition) is 1. The van der Waals surface area contributed by atoms with Crippen molar-refractivity contribution in [3.8, 4) is 0 Å². The van der Waals surface area contributed by atoms with E-state index < -0.39 is 14.4 Å². The van der Waals surface area contributed by atoms with Crippen LogP contribution in [0.15, 0.2) is 11.8 Å². The molecule has 0 aromatic carbocycles. The molecule has 0 aromatic rings. The lowest BCUT2D eigenvalue weighted by atomic mass is 10.1. The van der Waals surface area contributed by atoms with E-state index in [0.717, 1.165) is 43.8 Å². The van der Waals surface area contributed by atoms with Gasteiger partial charge in [0.05, 0.1) is 0 Å². The van der Waals surface area contributed by atoms with Gasteiger partial charge in [0.15, 0.2) is 0 Å². The van der Waals surface area contributed by atoms with Crippen LogP contribution in [0.5, 0.6) is 0 Å². The molecular formula is C14H28F2OSi. The minimum Gasteiger partial charge on any atom is -0.543 e. The molecule has 0 aliphatic heterocycles. The predicted octanol–water partition coefficient (Wildman–Crippen LogP) is 6.09. The van der Waals surface area contributed by atoms with E-state index in [0.29, 0.717) is 6.42 Å². The van der Waals surface area contributed by atoms with Crippen LogP contribution in [-0.4, -0.2) is 8.32 Å². The first-order chi connectivity index (χ1) is 8.55. The van der Waals surface area contributed by atoms with Gasteiger partial charge >= 0.3 is 6.08 Å². The lowest BCUT2D eigenvalue weighted by Crippen LogP contribution is -2.35. The predicted molar refractivity (Wildman–Crippen MR) is 76.3 cm³/mol. The van der Waals surface area contributed by atoms with Crippen molar-refractivity contribution in [2.75, 3.05) is 0 Å². The van der Waals surface area contributed by atoms with Gasteiger partial charge in [-0.05, 0) is 24.6 Å². The molecule has 0 aliphatic rings. The van der Waals surface area contributed by atoms with Gasteiger partial charge in [0.2, 0.25) is 8.32 Å². The highest BCUT2D eigenvalue weighted by Gasteiger charge is 2.32. The average Bonchev–Trinajstić information content (AvgIpc) is 2.38. The van der Waals surface area contributed by atoms with E-state index in [4.69, 9.17) is 4.43 Å². The first-order valence-electron chi connectivity index (χ1n) is 7.28. The zero-order chi connectivity index (χ0) is 14.0. The van der Waals surface area contributed by atoms with Crippen molar-refractivity contribution in [1.29, 1.82) is 0 Å². The largest absolute Gasteiger partial charge is 0.543 e. The van der Waals surface area contributed by atoms with Crippen molar-refractivity contribution in [1.82, 2.24) is 0 Å². The van der Waals surface area contributed by atoms with Gasteiger partial charge in [-0.1, -0.05) is 47.0 Å². The molecule has 1 nitrogen and oxygen atoms in total. The molecule has 0 saturated heterocycles. The summed E-state index contributed by atoms with van der Waals surface area (Å²) in [7, 11) is -1.95. The fourth-order valence-corrected chi connectivity index (χ4v) is 4.76. The van der Waals surface area contributed by atoms with Crippen molar-refractivity contribution >= 4 is 8.32 Å². The number of rotatable bonds is 10. The zero-order valence-electron chi connectivity index (χ0n) is 12.3. The maximum absolute atomic E-state index is 12.9. The van der Waals surface area contributed by atoms with Gasteiger partial charge in [-0.15, -0.1) is 0 Å². The summed E-state index contributed by atoms with van der Waals surface area (Å²) in [6.07, 6.45) is 2.84. The smallest absolute Gasteiger partial charge is 0.306 e. The molecule has 0 fully saturated rings. The van der Waals surface area contributed by atoms with Gasteiger partial charge in [0.25, 0.3) is 0 Å². The van der Waals surface area contributed by atoms with Crippen LogP contribution in [0.1, 0.15) is 59.8 Å². The summed E-state index contributed by atoms with van der Waals surface area (Å²) >= 11 is 0. The van der Waals surface area contributed by atoms with Gasteiger partial charge in [-0.2, -0.15) is 8.78 Å². The molecule has 4 heteroatoms. The van der Waals surface area contributed by atoms with Crippen LogP contribution in [0.4, 0.5) is 8.78 Å². The summed E-state index contributed by atoms with van der Waals surface area (Å²) in [6.45, 7) is 8.30. The Morgan fingerprint density at radius 3 is 1.83 bits per heavy atom. The Kier molecular flexibility index (Phi) is 9.33. The molecule has 0 unspecified atom stereocenters. The monoisotopic (exact) mass is 278 g/mol. The van der Waals surface area contributed by atoms with E-state index in [1.165, 1.54) is 0 Å². The van der Waals surface area contributed by atoms with Crippen LogP contribution in [0, 0.1) is 0 Å². The summed E-state index contributed by atoms with van der Waals surface area (Å²) in [6, 6.07) is 2.73. The normalized spacial score (nSPS) is 11.4. The molecule has 0 aromatic heterocycles. The first kappa shape index (κ1) is 17.6. The molecule has 18 heavy (non-hydrogen) atoms. The number of halogens is 2.